The third-order valence-corrected chi connectivity index (χ3v) is 3.94. The molecule has 1 aromatic carbocycles. The van der Waals surface area contributed by atoms with Gasteiger partial charge in [-0.2, -0.15) is 0 Å². The zero-order valence-electron chi connectivity index (χ0n) is 13.2. The molecule has 22 heavy (non-hydrogen) atoms. The van der Waals surface area contributed by atoms with Gasteiger partial charge in [0.25, 0.3) is 5.91 Å². The van der Waals surface area contributed by atoms with Crippen LogP contribution in [0.15, 0.2) is 28.7 Å². The number of amides is 1. The van der Waals surface area contributed by atoms with Gasteiger partial charge in [-0.05, 0) is 43.0 Å². The molecule has 1 rings (SSSR count). The van der Waals surface area contributed by atoms with E-state index in [1.807, 2.05) is 39.0 Å². The van der Waals surface area contributed by atoms with Gasteiger partial charge in [0.1, 0.15) is 0 Å². The predicted octanol–water partition coefficient (Wildman–Crippen LogP) is 3.62. The molecule has 1 amide bonds. The number of carbonyl (C=O) groups is 2. The van der Waals surface area contributed by atoms with E-state index in [0.717, 1.165) is 28.4 Å². The van der Waals surface area contributed by atoms with Crippen LogP contribution in [0.3, 0.4) is 0 Å². The first-order valence-corrected chi connectivity index (χ1v) is 8.15. The van der Waals surface area contributed by atoms with Gasteiger partial charge >= 0.3 is 5.97 Å². The quantitative estimate of drug-likeness (QED) is 0.591. The molecule has 0 aromatic heterocycles. The van der Waals surface area contributed by atoms with Gasteiger partial charge in [0.15, 0.2) is 6.61 Å². The van der Waals surface area contributed by atoms with Gasteiger partial charge in [-0.1, -0.05) is 41.9 Å². The van der Waals surface area contributed by atoms with Crippen LogP contribution in [-0.2, 0) is 14.3 Å². The van der Waals surface area contributed by atoms with E-state index in [1.54, 1.807) is 6.08 Å². The molecule has 0 fully saturated rings. The number of esters is 1. The minimum atomic E-state index is -0.535. The van der Waals surface area contributed by atoms with E-state index >= 15 is 0 Å². The van der Waals surface area contributed by atoms with Crippen molar-refractivity contribution in [1.29, 1.82) is 0 Å². The summed E-state index contributed by atoms with van der Waals surface area (Å²) in [5, 5.41) is 2.81. The van der Waals surface area contributed by atoms with E-state index in [0.29, 0.717) is 0 Å². The molecule has 0 aliphatic heterocycles. The molecule has 0 saturated carbocycles. The summed E-state index contributed by atoms with van der Waals surface area (Å²) in [6.07, 6.45) is 4.69. The number of halogens is 1. The monoisotopic (exact) mass is 367 g/mol. The summed E-state index contributed by atoms with van der Waals surface area (Å²) in [5.74, 6) is -0.806. The maximum atomic E-state index is 11.6. The number of benzene rings is 1. The number of nitrogens with one attached hydrogen (secondary N) is 1. The van der Waals surface area contributed by atoms with Crippen LogP contribution >= 0.6 is 15.9 Å². The minimum absolute atomic E-state index is 0.130. The van der Waals surface area contributed by atoms with Gasteiger partial charge in [0, 0.05) is 16.6 Å². The predicted molar refractivity (Wildman–Crippen MR) is 91.4 cm³/mol. The van der Waals surface area contributed by atoms with E-state index < -0.39 is 5.97 Å². The molecule has 0 spiro atoms. The van der Waals surface area contributed by atoms with Crippen molar-refractivity contribution in [2.75, 3.05) is 6.61 Å². The zero-order valence-corrected chi connectivity index (χ0v) is 14.8. The van der Waals surface area contributed by atoms with E-state index in [-0.39, 0.29) is 18.6 Å². The van der Waals surface area contributed by atoms with Crippen LogP contribution in [0.1, 0.15) is 37.8 Å². The summed E-state index contributed by atoms with van der Waals surface area (Å²) >= 11 is 3.43. The van der Waals surface area contributed by atoms with Gasteiger partial charge in [-0.15, -0.1) is 0 Å². The number of hydrogen-bond donors (Lipinski definition) is 1. The number of hydrogen-bond acceptors (Lipinski definition) is 3. The van der Waals surface area contributed by atoms with Gasteiger partial charge in [0.2, 0.25) is 0 Å². The van der Waals surface area contributed by atoms with Crippen molar-refractivity contribution in [3.05, 3.63) is 39.9 Å². The van der Waals surface area contributed by atoms with Crippen LogP contribution in [0.2, 0.25) is 0 Å². The highest BCUT2D eigenvalue weighted by molar-refractivity contribution is 9.10. The van der Waals surface area contributed by atoms with Crippen molar-refractivity contribution in [3.63, 3.8) is 0 Å². The van der Waals surface area contributed by atoms with E-state index in [9.17, 15) is 9.59 Å². The lowest BCUT2D eigenvalue weighted by molar-refractivity contribution is -0.144. The van der Waals surface area contributed by atoms with Gasteiger partial charge in [-0.3, -0.25) is 4.79 Å². The highest BCUT2D eigenvalue weighted by Gasteiger charge is 2.09. The van der Waals surface area contributed by atoms with Crippen molar-refractivity contribution in [1.82, 2.24) is 5.32 Å². The lowest BCUT2D eigenvalue weighted by Gasteiger charge is -2.14. The second-order valence-corrected chi connectivity index (χ2v) is 5.90. The molecular weight excluding hydrogens is 346 g/mol. The first kappa shape index (κ1) is 18.4. The van der Waals surface area contributed by atoms with Gasteiger partial charge < -0.3 is 10.1 Å². The van der Waals surface area contributed by atoms with Crippen LogP contribution in [0.25, 0.3) is 6.08 Å². The molecule has 120 valence electrons. The summed E-state index contributed by atoms with van der Waals surface area (Å²) in [4.78, 5) is 23.2. The van der Waals surface area contributed by atoms with Crippen molar-refractivity contribution in [2.45, 2.75) is 39.7 Å². The number of aryl methyl sites for hydroxylation is 1. The van der Waals surface area contributed by atoms with Crippen molar-refractivity contribution >= 4 is 33.9 Å². The number of rotatable bonds is 7. The molecule has 0 unspecified atom stereocenters. The molecule has 0 aliphatic rings. The molecule has 0 atom stereocenters. The van der Waals surface area contributed by atoms with E-state index in [2.05, 4.69) is 21.2 Å². The normalized spacial score (nSPS) is 11.0. The van der Waals surface area contributed by atoms with Crippen LogP contribution in [0.4, 0.5) is 0 Å². The first-order valence-electron chi connectivity index (χ1n) is 7.36. The average molecular weight is 368 g/mol. The van der Waals surface area contributed by atoms with Crippen LogP contribution in [0, 0.1) is 6.92 Å². The fraction of sp³-hybridized carbons (Fsp3) is 0.412. The molecule has 0 aliphatic carbocycles. The molecular formula is C17H22BrNO3. The van der Waals surface area contributed by atoms with Gasteiger partial charge in [0.05, 0.1) is 0 Å². The lowest BCUT2D eigenvalue weighted by Crippen LogP contribution is -2.36. The number of ether oxygens (including phenoxy) is 1. The molecule has 0 bridgehead atoms. The van der Waals surface area contributed by atoms with Gasteiger partial charge in [-0.25, -0.2) is 4.79 Å². The van der Waals surface area contributed by atoms with Crippen molar-refractivity contribution in [3.8, 4) is 0 Å². The Morgan fingerprint density at radius 3 is 2.59 bits per heavy atom. The maximum Gasteiger partial charge on any atom is 0.331 e. The lowest BCUT2D eigenvalue weighted by atomic mass is 10.1. The molecule has 1 N–H and O–H groups in total. The molecule has 0 heterocycles. The Morgan fingerprint density at radius 1 is 1.32 bits per heavy atom. The first-order chi connectivity index (χ1) is 10.5. The highest BCUT2D eigenvalue weighted by atomic mass is 79.9. The van der Waals surface area contributed by atoms with Crippen molar-refractivity contribution in [2.24, 2.45) is 0 Å². The van der Waals surface area contributed by atoms with E-state index in [4.69, 9.17) is 4.74 Å². The van der Waals surface area contributed by atoms with Crippen LogP contribution in [0.5, 0.6) is 0 Å². The third-order valence-electron chi connectivity index (χ3n) is 3.25. The fourth-order valence-electron chi connectivity index (χ4n) is 1.87. The SMILES string of the molecule is CCC(CC)NC(=O)COC(=O)/C=C/c1ccc(C)cc1Br. The Labute approximate surface area is 140 Å². The third kappa shape index (κ3) is 6.43. The Kier molecular flexibility index (Phi) is 7.88. The summed E-state index contributed by atoms with van der Waals surface area (Å²) in [6.45, 7) is 5.74. The Balaban J connectivity index is 2.46. The topological polar surface area (TPSA) is 55.4 Å². The smallest absolute Gasteiger partial charge is 0.331 e. The van der Waals surface area contributed by atoms with E-state index in [1.165, 1.54) is 6.08 Å². The molecule has 5 heteroatoms. The molecule has 4 nitrogen and oxygen atoms in total. The zero-order chi connectivity index (χ0) is 16.5. The summed E-state index contributed by atoms with van der Waals surface area (Å²) in [6, 6.07) is 5.96. The molecule has 0 radical (unpaired) electrons. The maximum absolute atomic E-state index is 11.6. The van der Waals surface area contributed by atoms with Crippen LogP contribution < -0.4 is 5.32 Å². The molecule has 1 aromatic rings. The number of carbonyl (C=O) groups excluding carboxylic acids is 2. The average Bonchev–Trinajstić information content (AvgIpc) is 2.49. The fourth-order valence-corrected chi connectivity index (χ4v) is 2.50. The second kappa shape index (κ2) is 9.41. The minimum Gasteiger partial charge on any atom is -0.452 e. The highest BCUT2D eigenvalue weighted by Crippen LogP contribution is 2.19. The summed E-state index contributed by atoms with van der Waals surface area (Å²) in [7, 11) is 0. The van der Waals surface area contributed by atoms with Crippen LogP contribution in [-0.4, -0.2) is 24.5 Å². The Morgan fingerprint density at radius 2 is 2.00 bits per heavy atom. The second-order valence-electron chi connectivity index (χ2n) is 5.05. The summed E-state index contributed by atoms with van der Waals surface area (Å²) in [5.41, 5.74) is 2.01. The Bertz CT molecular complexity index is 551. The summed E-state index contributed by atoms with van der Waals surface area (Å²) < 4.78 is 5.83. The van der Waals surface area contributed by atoms with Crippen molar-refractivity contribution < 1.29 is 14.3 Å². The Hall–Kier alpha value is -1.62. The standard InChI is InChI=1S/C17H22BrNO3/c1-4-14(5-2)19-16(20)11-22-17(21)9-8-13-7-6-12(3)10-15(13)18/h6-10,14H,4-5,11H2,1-3H3,(H,19,20)/b9-8+. The largest absolute Gasteiger partial charge is 0.452 e. The molecule has 0 saturated heterocycles.